The summed E-state index contributed by atoms with van der Waals surface area (Å²) in [6.45, 7) is 0. The van der Waals surface area contributed by atoms with Gasteiger partial charge >= 0.3 is 0 Å². The number of ether oxygens (including phenoxy) is 1. The summed E-state index contributed by atoms with van der Waals surface area (Å²) in [5.41, 5.74) is 5.43. The second-order valence-electron chi connectivity index (χ2n) is 9.52. The number of imidazole rings is 1. The number of nitrogens with zero attached hydrogens (tertiary/aromatic N) is 4. The number of carbonyl (C=O) groups excluding carboxylic acids is 1. The molecule has 1 aliphatic heterocycles. The van der Waals surface area contributed by atoms with Gasteiger partial charge in [0.1, 0.15) is 17.3 Å². The van der Waals surface area contributed by atoms with Gasteiger partial charge in [-0.1, -0.05) is 19.3 Å². The number of hydrogen-bond donors (Lipinski definition) is 1. The number of amides is 1. The maximum absolute atomic E-state index is 13.8. The van der Waals surface area contributed by atoms with Crippen LogP contribution >= 0.6 is 0 Å². The molecule has 1 aliphatic carbocycles. The standard InChI is InChI=1S/C28H29N5O2/c1-32-17-16-29-27(32)20-8-12-21(13-9-20)33-26(19-6-4-3-5-7-19)23-24(30-31-25(23)28(33)34)18-10-14-22(35-2)15-11-18/h8-17,19,26H,3-7H2,1-2H3,(H,30,31). The minimum atomic E-state index is -0.0346. The van der Waals surface area contributed by atoms with Crippen molar-refractivity contribution in [3.05, 3.63) is 72.2 Å². The molecule has 0 spiro atoms. The Kier molecular flexibility index (Phi) is 5.40. The van der Waals surface area contributed by atoms with Gasteiger partial charge in [0.25, 0.3) is 5.91 Å². The third-order valence-electron chi connectivity index (χ3n) is 7.50. The highest BCUT2D eigenvalue weighted by Crippen LogP contribution is 2.49. The Morgan fingerprint density at radius 3 is 2.34 bits per heavy atom. The molecule has 0 saturated heterocycles. The summed E-state index contributed by atoms with van der Waals surface area (Å²) in [5, 5.41) is 7.71. The molecule has 2 aromatic heterocycles. The molecule has 6 rings (SSSR count). The zero-order valence-electron chi connectivity index (χ0n) is 20.1. The van der Waals surface area contributed by atoms with Crippen molar-refractivity contribution in [1.82, 2.24) is 19.7 Å². The number of benzene rings is 2. The number of anilines is 1. The molecular formula is C28H29N5O2. The van der Waals surface area contributed by atoms with Crippen LogP contribution in [0.5, 0.6) is 5.75 Å². The highest BCUT2D eigenvalue weighted by Gasteiger charge is 2.45. The molecule has 7 heteroatoms. The van der Waals surface area contributed by atoms with Crippen LogP contribution in [0, 0.1) is 5.92 Å². The van der Waals surface area contributed by atoms with Crippen LogP contribution in [0.1, 0.15) is 54.2 Å². The number of aromatic amines is 1. The second kappa shape index (κ2) is 8.73. The Hall–Kier alpha value is -3.87. The molecule has 0 radical (unpaired) electrons. The van der Waals surface area contributed by atoms with E-state index >= 15 is 0 Å². The van der Waals surface area contributed by atoms with Gasteiger partial charge < -0.3 is 9.30 Å². The Labute approximate surface area is 204 Å². The lowest BCUT2D eigenvalue weighted by molar-refractivity contribution is 0.0977. The average molecular weight is 468 g/mol. The third kappa shape index (κ3) is 3.62. The predicted molar refractivity (Wildman–Crippen MR) is 135 cm³/mol. The maximum Gasteiger partial charge on any atom is 0.277 e. The van der Waals surface area contributed by atoms with E-state index in [1.165, 1.54) is 19.3 Å². The second-order valence-corrected chi connectivity index (χ2v) is 9.52. The van der Waals surface area contributed by atoms with Gasteiger partial charge in [0, 0.05) is 41.8 Å². The lowest BCUT2D eigenvalue weighted by Crippen LogP contribution is -2.33. The van der Waals surface area contributed by atoms with Crippen molar-refractivity contribution >= 4 is 11.6 Å². The molecule has 1 amide bonds. The number of carbonyl (C=O) groups is 1. The largest absolute Gasteiger partial charge is 0.497 e. The number of nitrogens with one attached hydrogen (secondary N) is 1. The van der Waals surface area contributed by atoms with Crippen LogP contribution < -0.4 is 9.64 Å². The minimum Gasteiger partial charge on any atom is -0.497 e. The smallest absolute Gasteiger partial charge is 0.277 e. The fraction of sp³-hybridized carbons (Fsp3) is 0.321. The van der Waals surface area contributed by atoms with Crippen LogP contribution in [0.2, 0.25) is 0 Å². The fourth-order valence-corrected chi connectivity index (χ4v) is 5.74. The summed E-state index contributed by atoms with van der Waals surface area (Å²) in [5.74, 6) is 2.10. The van der Waals surface area contributed by atoms with Gasteiger partial charge in [-0.05, 0) is 67.3 Å². The molecule has 2 aromatic carbocycles. The summed E-state index contributed by atoms with van der Waals surface area (Å²) in [4.78, 5) is 20.2. The predicted octanol–water partition coefficient (Wildman–Crippen LogP) is 5.77. The maximum atomic E-state index is 13.8. The molecule has 1 saturated carbocycles. The van der Waals surface area contributed by atoms with Crippen LogP contribution in [0.3, 0.4) is 0 Å². The van der Waals surface area contributed by atoms with Gasteiger partial charge in [-0.2, -0.15) is 5.10 Å². The van der Waals surface area contributed by atoms with Gasteiger partial charge in [-0.3, -0.25) is 14.8 Å². The number of hydrogen-bond acceptors (Lipinski definition) is 4. The SMILES string of the molecule is COc1ccc(-c2n[nH]c3c2C(C2CCCCC2)N(c2ccc(-c4nccn4C)cc2)C3=O)cc1. The molecule has 2 aliphatic rings. The Bertz CT molecular complexity index is 1350. The lowest BCUT2D eigenvalue weighted by atomic mass is 9.80. The van der Waals surface area contributed by atoms with E-state index in [9.17, 15) is 4.79 Å². The summed E-state index contributed by atoms with van der Waals surface area (Å²) in [6, 6.07) is 16.1. The summed E-state index contributed by atoms with van der Waals surface area (Å²) in [6.07, 6.45) is 9.63. The van der Waals surface area contributed by atoms with Crippen molar-refractivity contribution < 1.29 is 9.53 Å². The molecule has 0 bridgehead atoms. The monoisotopic (exact) mass is 467 g/mol. The minimum absolute atomic E-state index is 0.00687. The lowest BCUT2D eigenvalue weighted by Gasteiger charge is -2.35. The Morgan fingerprint density at radius 1 is 0.971 bits per heavy atom. The van der Waals surface area contributed by atoms with Crippen molar-refractivity contribution in [2.24, 2.45) is 13.0 Å². The van der Waals surface area contributed by atoms with Crippen molar-refractivity contribution in [2.75, 3.05) is 12.0 Å². The van der Waals surface area contributed by atoms with E-state index < -0.39 is 0 Å². The number of methoxy groups -OCH3 is 1. The first-order valence-electron chi connectivity index (χ1n) is 12.3. The first-order chi connectivity index (χ1) is 17.2. The van der Waals surface area contributed by atoms with Crippen LogP contribution in [-0.4, -0.2) is 32.8 Å². The number of aryl methyl sites for hydroxylation is 1. The van der Waals surface area contributed by atoms with Gasteiger partial charge in [0.2, 0.25) is 0 Å². The van der Waals surface area contributed by atoms with Gasteiger partial charge in [0.15, 0.2) is 0 Å². The quantitative estimate of drug-likeness (QED) is 0.404. The zero-order chi connectivity index (χ0) is 23.9. The van der Waals surface area contributed by atoms with Crippen molar-refractivity contribution in [1.29, 1.82) is 0 Å². The summed E-state index contributed by atoms with van der Waals surface area (Å²) >= 11 is 0. The third-order valence-corrected chi connectivity index (χ3v) is 7.50. The first-order valence-corrected chi connectivity index (χ1v) is 12.3. The molecule has 178 valence electrons. The molecule has 3 heterocycles. The van der Waals surface area contributed by atoms with Crippen LogP contribution in [0.25, 0.3) is 22.6 Å². The van der Waals surface area contributed by atoms with Crippen molar-refractivity contribution in [2.45, 2.75) is 38.1 Å². The Balaban J connectivity index is 1.42. The average Bonchev–Trinajstić information content (AvgIpc) is 3.60. The highest BCUT2D eigenvalue weighted by atomic mass is 16.5. The number of aromatic nitrogens is 4. The van der Waals surface area contributed by atoms with Crippen LogP contribution in [0.4, 0.5) is 5.69 Å². The van der Waals surface area contributed by atoms with E-state index in [4.69, 9.17) is 4.74 Å². The molecule has 35 heavy (non-hydrogen) atoms. The molecule has 1 atom stereocenters. The van der Waals surface area contributed by atoms with Gasteiger partial charge in [-0.25, -0.2) is 4.98 Å². The molecule has 1 N–H and O–H groups in total. The van der Waals surface area contributed by atoms with Gasteiger partial charge in [-0.15, -0.1) is 0 Å². The van der Waals surface area contributed by atoms with E-state index in [-0.39, 0.29) is 11.9 Å². The van der Waals surface area contributed by atoms with Crippen molar-refractivity contribution in [3.63, 3.8) is 0 Å². The summed E-state index contributed by atoms with van der Waals surface area (Å²) in [7, 11) is 3.65. The van der Waals surface area contributed by atoms with E-state index in [0.717, 1.165) is 52.5 Å². The van der Waals surface area contributed by atoms with E-state index in [2.05, 4.69) is 27.3 Å². The normalized spacial score (nSPS) is 18.2. The molecule has 1 fully saturated rings. The number of H-pyrrole nitrogens is 1. The van der Waals surface area contributed by atoms with Gasteiger partial charge in [0.05, 0.1) is 18.8 Å². The molecule has 7 nitrogen and oxygen atoms in total. The van der Waals surface area contributed by atoms with E-state index in [0.29, 0.717) is 11.6 Å². The zero-order valence-corrected chi connectivity index (χ0v) is 20.1. The Morgan fingerprint density at radius 2 is 1.69 bits per heavy atom. The van der Waals surface area contributed by atoms with E-state index in [1.807, 2.05) is 59.1 Å². The topological polar surface area (TPSA) is 76.0 Å². The van der Waals surface area contributed by atoms with E-state index in [1.54, 1.807) is 13.3 Å². The molecule has 1 unspecified atom stereocenters. The molecule has 4 aromatic rings. The highest BCUT2D eigenvalue weighted by molar-refractivity contribution is 6.11. The fourth-order valence-electron chi connectivity index (χ4n) is 5.74. The number of rotatable bonds is 5. The number of fused-ring (bicyclic) bond motifs is 1. The molecular weight excluding hydrogens is 438 g/mol. The van der Waals surface area contributed by atoms with Crippen molar-refractivity contribution in [3.8, 4) is 28.4 Å². The van der Waals surface area contributed by atoms with Crippen LogP contribution in [-0.2, 0) is 7.05 Å². The van der Waals surface area contributed by atoms with Crippen LogP contribution in [0.15, 0.2) is 60.9 Å². The summed E-state index contributed by atoms with van der Waals surface area (Å²) < 4.78 is 7.33. The first kappa shape index (κ1) is 21.6.